The van der Waals surface area contributed by atoms with Gasteiger partial charge in [0.05, 0.1) is 12.1 Å². The van der Waals surface area contributed by atoms with E-state index in [9.17, 15) is 18.0 Å². The van der Waals surface area contributed by atoms with Gasteiger partial charge in [-0.25, -0.2) is 4.98 Å². The Hall–Kier alpha value is -2.65. The van der Waals surface area contributed by atoms with Crippen LogP contribution < -0.4 is 0 Å². The number of carbonyl (C=O) groups is 1. The van der Waals surface area contributed by atoms with Crippen LogP contribution in [0.1, 0.15) is 45.2 Å². The summed E-state index contributed by atoms with van der Waals surface area (Å²) in [6, 6.07) is 9.23. The molecule has 164 valence electrons. The van der Waals surface area contributed by atoms with Crippen LogP contribution in [0.25, 0.3) is 0 Å². The summed E-state index contributed by atoms with van der Waals surface area (Å²) < 4.78 is 44.8. The van der Waals surface area contributed by atoms with E-state index in [2.05, 4.69) is 4.98 Å². The molecule has 0 unspecified atom stereocenters. The van der Waals surface area contributed by atoms with E-state index in [1.54, 1.807) is 22.3 Å². The molecule has 0 bridgehead atoms. The fourth-order valence-electron chi connectivity index (χ4n) is 3.65. The third-order valence-electron chi connectivity index (χ3n) is 5.14. The number of carbonyl (C=O) groups excluding carboxylic acids is 1. The molecule has 1 saturated heterocycles. The predicted molar refractivity (Wildman–Crippen MR) is 110 cm³/mol. The minimum Gasteiger partial charge on any atom is -0.447 e. The van der Waals surface area contributed by atoms with Crippen LogP contribution in [0.3, 0.4) is 0 Å². The molecule has 0 saturated carbocycles. The standard InChI is InChI=1S/C22H22F3N3O2S/c23-22(24,25)17-6-3-5-16(11-17)12-27(13-18-7-4-10-31-18)14-20-26-19(15-30-20)21(29)28-8-1-2-9-28/h3-7,10-11,15H,1-2,8-9,12-14H2. The molecule has 0 spiro atoms. The lowest BCUT2D eigenvalue weighted by molar-refractivity contribution is -0.137. The lowest BCUT2D eigenvalue weighted by Crippen LogP contribution is -2.28. The number of benzene rings is 1. The molecule has 0 aliphatic carbocycles. The maximum absolute atomic E-state index is 13.1. The molecule has 3 heterocycles. The van der Waals surface area contributed by atoms with Crippen molar-refractivity contribution < 1.29 is 22.4 Å². The van der Waals surface area contributed by atoms with Crippen molar-refractivity contribution in [2.75, 3.05) is 13.1 Å². The number of likely N-dealkylation sites (tertiary alicyclic amines) is 1. The number of rotatable bonds is 7. The third kappa shape index (κ3) is 5.54. The molecule has 9 heteroatoms. The molecule has 3 aromatic rings. The molecular weight excluding hydrogens is 427 g/mol. The quantitative estimate of drug-likeness (QED) is 0.498. The van der Waals surface area contributed by atoms with E-state index >= 15 is 0 Å². The molecule has 5 nitrogen and oxygen atoms in total. The van der Waals surface area contributed by atoms with E-state index in [1.165, 1.54) is 18.4 Å². The van der Waals surface area contributed by atoms with Gasteiger partial charge in [-0.3, -0.25) is 9.69 Å². The minimum atomic E-state index is -4.39. The van der Waals surface area contributed by atoms with Crippen LogP contribution in [-0.4, -0.2) is 33.8 Å². The van der Waals surface area contributed by atoms with E-state index in [-0.39, 0.29) is 18.1 Å². The van der Waals surface area contributed by atoms with E-state index in [0.29, 0.717) is 24.5 Å². The number of thiophene rings is 1. The molecule has 0 atom stereocenters. The van der Waals surface area contributed by atoms with Gasteiger partial charge < -0.3 is 9.32 Å². The number of amides is 1. The fraction of sp³-hybridized carbons (Fsp3) is 0.364. The Bertz CT molecular complexity index is 1010. The number of aromatic nitrogens is 1. The molecule has 1 fully saturated rings. The minimum absolute atomic E-state index is 0.143. The van der Waals surface area contributed by atoms with Gasteiger partial charge in [0.15, 0.2) is 5.69 Å². The SMILES string of the molecule is O=C(c1coc(CN(Cc2cccc(C(F)(F)F)c2)Cc2cccs2)n1)N1CCCC1. The second kappa shape index (κ2) is 9.23. The average Bonchev–Trinajstić information content (AvgIpc) is 3.50. The maximum Gasteiger partial charge on any atom is 0.416 e. The number of oxazole rings is 1. The lowest BCUT2D eigenvalue weighted by atomic mass is 10.1. The summed E-state index contributed by atoms with van der Waals surface area (Å²) in [4.78, 5) is 21.6. The van der Waals surface area contributed by atoms with Crippen LogP contribution in [-0.2, 0) is 25.8 Å². The van der Waals surface area contributed by atoms with Crippen LogP contribution in [0.5, 0.6) is 0 Å². The molecule has 31 heavy (non-hydrogen) atoms. The first-order valence-electron chi connectivity index (χ1n) is 10.0. The Balaban J connectivity index is 1.50. The summed E-state index contributed by atoms with van der Waals surface area (Å²) in [5.74, 6) is 0.223. The summed E-state index contributed by atoms with van der Waals surface area (Å²) in [5.41, 5.74) is 0.147. The highest BCUT2D eigenvalue weighted by Crippen LogP contribution is 2.30. The van der Waals surface area contributed by atoms with E-state index in [1.807, 2.05) is 22.4 Å². The third-order valence-corrected chi connectivity index (χ3v) is 6.00. The molecule has 2 aromatic heterocycles. The Morgan fingerprint density at radius 2 is 1.94 bits per heavy atom. The molecule has 1 amide bonds. The molecule has 0 N–H and O–H groups in total. The maximum atomic E-state index is 13.1. The summed E-state index contributed by atoms with van der Waals surface area (Å²) in [5, 5.41) is 1.95. The molecule has 0 radical (unpaired) electrons. The Kier molecular flexibility index (Phi) is 6.43. The van der Waals surface area contributed by atoms with Gasteiger partial charge in [-0.2, -0.15) is 13.2 Å². The van der Waals surface area contributed by atoms with Crippen molar-refractivity contribution in [2.24, 2.45) is 0 Å². The topological polar surface area (TPSA) is 49.6 Å². The zero-order valence-electron chi connectivity index (χ0n) is 16.8. The molecule has 4 rings (SSSR count). The number of nitrogens with zero attached hydrogens (tertiary/aromatic N) is 3. The van der Waals surface area contributed by atoms with Gasteiger partial charge in [0.25, 0.3) is 5.91 Å². The van der Waals surface area contributed by atoms with Gasteiger partial charge in [-0.1, -0.05) is 24.3 Å². The van der Waals surface area contributed by atoms with Crippen molar-refractivity contribution in [3.8, 4) is 0 Å². The van der Waals surface area contributed by atoms with Gasteiger partial charge in [0.2, 0.25) is 5.89 Å². The monoisotopic (exact) mass is 449 g/mol. The number of hydrogen-bond acceptors (Lipinski definition) is 5. The first-order valence-corrected chi connectivity index (χ1v) is 10.9. The highest BCUT2D eigenvalue weighted by Gasteiger charge is 2.30. The van der Waals surface area contributed by atoms with E-state index < -0.39 is 11.7 Å². The molecule has 1 aromatic carbocycles. The van der Waals surface area contributed by atoms with Gasteiger partial charge in [-0.15, -0.1) is 11.3 Å². The number of alkyl halides is 3. The van der Waals surface area contributed by atoms with Crippen molar-refractivity contribution in [2.45, 2.75) is 38.7 Å². The van der Waals surface area contributed by atoms with Crippen LogP contribution in [0.4, 0.5) is 13.2 Å². The molecular formula is C22H22F3N3O2S. The Labute approximate surface area is 182 Å². The van der Waals surface area contributed by atoms with Crippen LogP contribution in [0, 0.1) is 0 Å². The van der Waals surface area contributed by atoms with Crippen molar-refractivity contribution >= 4 is 17.2 Å². The van der Waals surface area contributed by atoms with Gasteiger partial charge in [0, 0.05) is 31.1 Å². The molecule has 1 aliphatic heterocycles. The van der Waals surface area contributed by atoms with Crippen molar-refractivity contribution in [3.63, 3.8) is 0 Å². The summed E-state index contributed by atoms with van der Waals surface area (Å²) in [6.45, 7) is 2.55. The smallest absolute Gasteiger partial charge is 0.416 e. The van der Waals surface area contributed by atoms with Gasteiger partial charge in [-0.05, 0) is 35.9 Å². The summed E-state index contributed by atoms with van der Waals surface area (Å²) in [6.07, 6.45) is -1.05. The first-order chi connectivity index (χ1) is 14.9. The van der Waals surface area contributed by atoms with Crippen LogP contribution in [0.15, 0.2) is 52.5 Å². The lowest BCUT2D eigenvalue weighted by Gasteiger charge is -2.21. The van der Waals surface area contributed by atoms with E-state index in [0.717, 1.165) is 36.9 Å². The zero-order chi connectivity index (χ0) is 21.8. The first kappa shape index (κ1) is 21.6. The predicted octanol–water partition coefficient (Wildman–Crippen LogP) is 5.19. The largest absolute Gasteiger partial charge is 0.447 e. The van der Waals surface area contributed by atoms with Gasteiger partial charge in [0.1, 0.15) is 6.26 Å². The zero-order valence-corrected chi connectivity index (χ0v) is 17.6. The Morgan fingerprint density at radius 3 is 2.65 bits per heavy atom. The normalized spacial score (nSPS) is 14.5. The van der Waals surface area contributed by atoms with Crippen molar-refractivity contribution in [1.29, 1.82) is 0 Å². The van der Waals surface area contributed by atoms with Crippen LogP contribution in [0.2, 0.25) is 0 Å². The highest BCUT2D eigenvalue weighted by atomic mass is 32.1. The number of halogens is 3. The summed E-state index contributed by atoms with van der Waals surface area (Å²) in [7, 11) is 0. The average molecular weight is 449 g/mol. The van der Waals surface area contributed by atoms with Crippen molar-refractivity contribution in [1.82, 2.24) is 14.8 Å². The van der Waals surface area contributed by atoms with Crippen LogP contribution >= 0.6 is 11.3 Å². The second-order valence-corrected chi connectivity index (χ2v) is 8.58. The molecule has 1 aliphatic rings. The van der Waals surface area contributed by atoms with Gasteiger partial charge >= 0.3 is 6.18 Å². The number of hydrogen-bond donors (Lipinski definition) is 0. The fourth-order valence-corrected chi connectivity index (χ4v) is 4.40. The summed E-state index contributed by atoms with van der Waals surface area (Å²) >= 11 is 1.57. The Morgan fingerprint density at radius 1 is 1.13 bits per heavy atom. The highest BCUT2D eigenvalue weighted by molar-refractivity contribution is 7.09. The second-order valence-electron chi connectivity index (χ2n) is 7.55. The van der Waals surface area contributed by atoms with Crippen molar-refractivity contribution in [3.05, 3.63) is 75.6 Å². The van der Waals surface area contributed by atoms with E-state index in [4.69, 9.17) is 4.42 Å².